The van der Waals surface area contributed by atoms with Gasteiger partial charge in [-0.25, -0.2) is 8.42 Å². The summed E-state index contributed by atoms with van der Waals surface area (Å²) in [6.07, 6.45) is 1.69. The molecule has 0 fully saturated rings. The van der Waals surface area contributed by atoms with Crippen LogP contribution >= 0.6 is 11.3 Å². The van der Waals surface area contributed by atoms with Gasteiger partial charge in [-0.05, 0) is 24.3 Å². The molecule has 0 unspecified atom stereocenters. The minimum atomic E-state index is -2.47. The summed E-state index contributed by atoms with van der Waals surface area (Å²) >= 11 is 1.24. The molecule has 0 aliphatic carbocycles. The van der Waals surface area contributed by atoms with E-state index in [2.05, 4.69) is 4.98 Å². The number of aromatic nitrogens is 1. The van der Waals surface area contributed by atoms with E-state index in [-0.39, 0.29) is 0 Å². The fraction of sp³-hybridized carbons (Fsp3) is 0. The third-order valence-corrected chi connectivity index (χ3v) is 3.83. The van der Waals surface area contributed by atoms with Gasteiger partial charge in [-0.15, -0.1) is 11.3 Å². The van der Waals surface area contributed by atoms with Crippen LogP contribution in [0.5, 0.6) is 0 Å². The molecule has 72 valence electrons. The van der Waals surface area contributed by atoms with E-state index in [1.807, 2.05) is 18.2 Å². The molecule has 2 rings (SSSR count). The van der Waals surface area contributed by atoms with Crippen LogP contribution in [0.3, 0.4) is 0 Å². The number of pyridine rings is 1. The van der Waals surface area contributed by atoms with Crippen LogP contribution in [0.15, 0.2) is 40.7 Å². The maximum atomic E-state index is 10.7. The van der Waals surface area contributed by atoms with Gasteiger partial charge >= 0.3 is 0 Å². The molecule has 0 atom stereocenters. The molecule has 0 spiro atoms. The zero-order valence-corrected chi connectivity index (χ0v) is 8.79. The third kappa shape index (κ3) is 1.83. The fourth-order valence-corrected chi connectivity index (χ4v) is 2.58. The molecule has 0 saturated carbocycles. The Morgan fingerprint density at radius 1 is 1.14 bits per heavy atom. The lowest BCUT2D eigenvalue weighted by Gasteiger charge is -1.92. The number of thiol groups is 1. The molecule has 0 aliphatic heterocycles. The second kappa shape index (κ2) is 3.89. The van der Waals surface area contributed by atoms with Gasteiger partial charge in [0.05, 0.1) is 10.6 Å². The SMILES string of the molecule is O=[SH](=O)c1ccc(-c2ccccn2)s1. The van der Waals surface area contributed by atoms with Crippen LogP contribution in [0.2, 0.25) is 0 Å². The molecule has 2 aromatic heterocycles. The normalized spacial score (nSPS) is 10.6. The van der Waals surface area contributed by atoms with Crippen molar-refractivity contribution in [3.05, 3.63) is 36.5 Å². The number of rotatable bonds is 2. The topological polar surface area (TPSA) is 47.0 Å². The van der Waals surface area contributed by atoms with Gasteiger partial charge < -0.3 is 0 Å². The number of nitrogens with zero attached hydrogens (tertiary/aromatic N) is 1. The summed E-state index contributed by atoms with van der Waals surface area (Å²) in [6, 6.07) is 8.92. The zero-order valence-electron chi connectivity index (χ0n) is 7.08. The lowest BCUT2D eigenvalue weighted by molar-refractivity contribution is 0.616. The van der Waals surface area contributed by atoms with Crippen LogP contribution in [0, 0.1) is 0 Å². The van der Waals surface area contributed by atoms with E-state index in [4.69, 9.17) is 0 Å². The highest BCUT2D eigenvalue weighted by Crippen LogP contribution is 2.26. The van der Waals surface area contributed by atoms with Crippen molar-refractivity contribution in [1.82, 2.24) is 4.98 Å². The van der Waals surface area contributed by atoms with Crippen LogP contribution in [0.4, 0.5) is 0 Å². The minimum absolute atomic E-state index is 0.376. The first-order valence-electron chi connectivity index (χ1n) is 3.93. The Kier molecular flexibility index (Phi) is 2.60. The second-order valence-corrected chi connectivity index (χ2v) is 4.99. The van der Waals surface area contributed by atoms with Gasteiger partial charge in [0.25, 0.3) is 0 Å². The smallest absolute Gasteiger partial charge is 0.177 e. The number of hydrogen-bond acceptors (Lipinski definition) is 4. The van der Waals surface area contributed by atoms with E-state index in [0.29, 0.717) is 4.21 Å². The molecule has 2 heterocycles. The van der Waals surface area contributed by atoms with E-state index in [9.17, 15) is 8.42 Å². The molecule has 0 amide bonds. The lowest BCUT2D eigenvalue weighted by atomic mass is 10.3. The Morgan fingerprint density at radius 3 is 2.57 bits per heavy atom. The molecule has 14 heavy (non-hydrogen) atoms. The van der Waals surface area contributed by atoms with Gasteiger partial charge in [0, 0.05) is 6.20 Å². The Hall–Kier alpha value is -1.20. The Bertz CT molecular complexity index is 495. The van der Waals surface area contributed by atoms with Gasteiger partial charge in [-0.1, -0.05) is 6.07 Å². The van der Waals surface area contributed by atoms with Crippen molar-refractivity contribution in [2.45, 2.75) is 4.21 Å². The Labute approximate surface area is 87.0 Å². The van der Waals surface area contributed by atoms with E-state index in [1.165, 1.54) is 11.3 Å². The molecule has 3 nitrogen and oxygen atoms in total. The third-order valence-electron chi connectivity index (χ3n) is 1.69. The highest BCUT2D eigenvalue weighted by atomic mass is 32.2. The summed E-state index contributed by atoms with van der Waals surface area (Å²) in [5, 5.41) is 0. The molecular formula is C9H7NO2S2. The van der Waals surface area contributed by atoms with Crippen molar-refractivity contribution >= 4 is 22.0 Å². The summed E-state index contributed by atoms with van der Waals surface area (Å²) < 4.78 is 21.7. The van der Waals surface area contributed by atoms with Crippen LogP contribution in [0.25, 0.3) is 10.6 Å². The first-order valence-corrected chi connectivity index (χ1v) is 5.92. The largest absolute Gasteiger partial charge is 0.255 e. The average Bonchev–Trinajstić information content (AvgIpc) is 2.68. The van der Waals surface area contributed by atoms with Crippen molar-refractivity contribution in [2.75, 3.05) is 0 Å². The summed E-state index contributed by atoms with van der Waals surface area (Å²) in [5.74, 6) is 0. The molecule has 0 saturated heterocycles. The Balaban J connectivity index is 2.44. The van der Waals surface area contributed by atoms with Crippen LogP contribution < -0.4 is 0 Å². The number of thiophene rings is 1. The lowest BCUT2D eigenvalue weighted by Crippen LogP contribution is -1.75. The molecule has 5 heteroatoms. The maximum Gasteiger partial charge on any atom is 0.177 e. The number of hydrogen-bond donors (Lipinski definition) is 1. The zero-order chi connectivity index (χ0) is 9.97. The van der Waals surface area contributed by atoms with Crippen LogP contribution in [0.1, 0.15) is 0 Å². The molecule has 0 aromatic carbocycles. The molecule has 0 aliphatic rings. The highest BCUT2D eigenvalue weighted by Gasteiger charge is 2.04. The van der Waals surface area contributed by atoms with E-state index >= 15 is 0 Å². The fourth-order valence-electron chi connectivity index (χ4n) is 1.07. The summed E-state index contributed by atoms with van der Waals surface area (Å²) in [5.41, 5.74) is 0.806. The maximum absolute atomic E-state index is 10.7. The quantitative estimate of drug-likeness (QED) is 0.792. The summed E-state index contributed by atoms with van der Waals surface area (Å²) in [7, 11) is -2.47. The first-order chi connectivity index (χ1) is 6.77. The minimum Gasteiger partial charge on any atom is -0.255 e. The van der Waals surface area contributed by atoms with E-state index in [0.717, 1.165) is 10.6 Å². The predicted octanol–water partition coefficient (Wildman–Crippen LogP) is 1.78. The monoisotopic (exact) mass is 225 g/mol. The van der Waals surface area contributed by atoms with E-state index < -0.39 is 10.7 Å². The van der Waals surface area contributed by atoms with Crippen molar-refractivity contribution in [3.8, 4) is 10.6 Å². The van der Waals surface area contributed by atoms with Crippen LogP contribution in [-0.2, 0) is 10.7 Å². The summed E-state index contributed by atoms with van der Waals surface area (Å²) in [4.78, 5) is 5.01. The van der Waals surface area contributed by atoms with Gasteiger partial charge in [0.1, 0.15) is 4.21 Å². The predicted molar refractivity (Wildman–Crippen MR) is 56.1 cm³/mol. The van der Waals surface area contributed by atoms with E-state index in [1.54, 1.807) is 18.3 Å². The standard InChI is InChI=1S/C9H7NO2S2/c11-14(12)9-5-4-8(13-9)7-3-1-2-6-10-7/h1-6,14H. The van der Waals surface area contributed by atoms with Crippen molar-refractivity contribution < 1.29 is 8.42 Å². The molecule has 0 radical (unpaired) electrons. The molecular weight excluding hydrogens is 218 g/mol. The van der Waals surface area contributed by atoms with Gasteiger partial charge in [-0.2, -0.15) is 0 Å². The average molecular weight is 225 g/mol. The van der Waals surface area contributed by atoms with Crippen molar-refractivity contribution in [1.29, 1.82) is 0 Å². The first kappa shape index (κ1) is 9.36. The summed E-state index contributed by atoms with van der Waals surface area (Å²) in [6.45, 7) is 0. The van der Waals surface area contributed by atoms with Crippen LogP contribution in [-0.4, -0.2) is 13.4 Å². The van der Waals surface area contributed by atoms with Gasteiger partial charge in [0.15, 0.2) is 10.7 Å². The molecule has 2 aromatic rings. The van der Waals surface area contributed by atoms with Gasteiger partial charge in [-0.3, -0.25) is 4.98 Å². The van der Waals surface area contributed by atoms with Gasteiger partial charge in [0.2, 0.25) is 0 Å². The molecule has 0 bridgehead atoms. The highest BCUT2D eigenvalue weighted by molar-refractivity contribution is 7.75. The second-order valence-electron chi connectivity index (χ2n) is 2.61. The molecule has 0 N–H and O–H groups in total. The van der Waals surface area contributed by atoms with Crippen molar-refractivity contribution in [3.63, 3.8) is 0 Å². The Morgan fingerprint density at radius 2 is 2.00 bits per heavy atom. The van der Waals surface area contributed by atoms with Crippen molar-refractivity contribution in [2.24, 2.45) is 0 Å².